The molecule has 0 radical (unpaired) electrons. The van der Waals surface area contributed by atoms with Crippen molar-refractivity contribution in [3.63, 3.8) is 0 Å². The summed E-state index contributed by atoms with van der Waals surface area (Å²) in [6.07, 6.45) is 1.18. The van der Waals surface area contributed by atoms with Crippen LogP contribution >= 0.6 is 0 Å². The molecule has 0 aliphatic carbocycles. The molecule has 0 aliphatic heterocycles. The molecule has 1 atom stereocenters. The summed E-state index contributed by atoms with van der Waals surface area (Å²) in [5.41, 5.74) is 7.13. The van der Waals surface area contributed by atoms with Gasteiger partial charge < -0.3 is 5.73 Å². The average Bonchev–Trinajstić information content (AvgIpc) is 2.31. The minimum absolute atomic E-state index is 0.354. The Morgan fingerprint density at radius 3 is 2.38 bits per heavy atom. The van der Waals surface area contributed by atoms with Crippen molar-refractivity contribution in [1.82, 2.24) is 4.98 Å². The average molecular weight is 216 g/mol. The van der Waals surface area contributed by atoms with E-state index in [2.05, 4.69) is 4.98 Å². The largest absolute Gasteiger partial charge is 0.317 e. The van der Waals surface area contributed by atoms with Crippen molar-refractivity contribution in [3.8, 4) is 0 Å². The molecular weight excluding hydrogens is 203 g/mol. The van der Waals surface area contributed by atoms with E-state index in [1.165, 1.54) is 12.3 Å². The van der Waals surface area contributed by atoms with Crippen molar-refractivity contribution in [2.45, 2.75) is 12.5 Å². The lowest BCUT2D eigenvalue weighted by atomic mass is 9.89. The first kappa shape index (κ1) is 10.8. The Bertz CT molecular complexity index is 463. The SMILES string of the molecule is CC(N)(c1ccccc1)c1ccc(F)cn1. The molecule has 1 unspecified atom stereocenters. The second-order valence-corrected chi connectivity index (χ2v) is 3.93. The first-order valence-corrected chi connectivity index (χ1v) is 5.07. The number of rotatable bonds is 2. The number of hydrogen-bond acceptors (Lipinski definition) is 2. The van der Waals surface area contributed by atoms with Gasteiger partial charge >= 0.3 is 0 Å². The molecule has 1 aromatic carbocycles. The lowest BCUT2D eigenvalue weighted by Gasteiger charge is -2.24. The summed E-state index contributed by atoms with van der Waals surface area (Å²) in [6.45, 7) is 1.86. The van der Waals surface area contributed by atoms with E-state index >= 15 is 0 Å². The van der Waals surface area contributed by atoms with Gasteiger partial charge in [-0.15, -0.1) is 0 Å². The summed E-state index contributed by atoms with van der Waals surface area (Å²) in [5.74, 6) is -0.354. The molecule has 16 heavy (non-hydrogen) atoms. The van der Waals surface area contributed by atoms with Crippen LogP contribution in [0.1, 0.15) is 18.2 Å². The fourth-order valence-corrected chi connectivity index (χ4v) is 1.62. The highest BCUT2D eigenvalue weighted by Gasteiger charge is 2.24. The van der Waals surface area contributed by atoms with Gasteiger partial charge in [-0.1, -0.05) is 30.3 Å². The van der Waals surface area contributed by atoms with Crippen LogP contribution in [0.5, 0.6) is 0 Å². The smallest absolute Gasteiger partial charge is 0.141 e. The molecule has 0 bridgehead atoms. The predicted octanol–water partition coefficient (Wildman–Crippen LogP) is 2.44. The summed E-state index contributed by atoms with van der Waals surface area (Å²) in [7, 11) is 0. The third-order valence-corrected chi connectivity index (χ3v) is 2.63. The Hall–Kier alpha value is -1.74. The number of nitrogens with zero attached hydrogens (tertiary/aromatic N) is 1. The first-order valence-electron chi connectivity index (χ1n) is 5.07. The van der Waals surface area contributed by atoms with E-state index in [9.17, 15) is 4.39 Å². The van der Waals surface area contributed by atoms with Crippen molar-refractivity contribution < 1.29 is 4.39 Å². The molecule has 1 heterocycles. The molecule has 0 spiro atoms. The van der Waals surface area contributed by atoms with E-state index in [0.29, 0.717) is 5.69 Å². The molecule has 0 aliphatic rings. The van der Waals surface area contributed by atoms with Gasteiger partial charge in [-0.2, -0.15) is 0 Å². The number of aromatic nitrogens is 1. The Labute approximate surface area is 93.9 Å². The molecular formula is C13H13FN2. The summed E-state index contributed by atoms with van der Waals surface area (Å²) in [4.78, 5) is 4.03. The van der Waals surface area contributed by atoms with Gasteiger partial charge in [0.15, 0.2) is 0 Å². The van der Waals surface area contributed by atoms with Crippen molar-refractivity contribution in [3.05, 3.63) is 65.7 Å². The molecule has 0 saturated heterocycles. The fourth-order valence-electron chi connectivity index (χ4n) is 1.62. The Morgan fingerprint density at radius 2 is 1.81 bits per heavy atom. The summed E-state index contributed by atoms with van der Waals surface area (Å²) >= 11 is 0. The van der Waals surface area contributed by atoms with Gasteiger partial charge in [0.05, 0.1) is 17.4 Å². The molecule has 82 valence electrons. The zero-order valence-corrected chi connectivity index (χ0v) is 9.02. The number of pyridine rings is 1. The number of hydrogen-bond donors (Lipinski definition) is 1. The summed E-state index contributed by atoms with van der Waals surface area (Å²) < 4.78 is 12.8. The highest BCUT2D eigenvalue weighted by molar-refractivity contribution is 5.32. The van der Waals surface area contributed by atoms with Crippen LogP contribution in [0.3, 0.4) is 0 Å². The summed E-state index contributed by atoms with van der Waals surface area (Å²) in [6, 6.07) is 12.6. The minimum Gasteiger partial charge on any atom is -0.317 e. The normalized spacial score (nSPS) is 14.4. The maximum Gasteiger partial charge on any atom is 0.141 e. The van der Waals surface area contributed by atoms with E-state index in [4.69, 9.17) is 5.73 Å². The molecule has 0 amide bonds. The highest BCUT2D eigenvalue weighted by Crippen LogP contribution is 2.24. The maximum absolute atomic E-state index is 12.8. The second-order valence-electron chi connectivity index (χ2n) is 3.93. The topological polar surface area (TPSA) is 38.9 Å². The van der Waals surface area contributed by atoms with Crippen LogP contribution in [-0.4, -0.2) is 4.98 Å². The van der Waals surface area contributed by atoms with Crippen LogP contribution in [0.25, 0.3) is 0 Å². The second kappa shape index (κ2) is 4.02. The van der Waals surface area contributed by atoms with Crippen LogP contribution in [0.2, 0.25) is 0 Å². The molecule has 0 saturated carbocycles. The standard InChI is InChI=1S/C13H13FN2/c1-13(15,10-5-3-2-4-6-10)12-8-7-11(14)9-16-12/h2-9H,15H2,1H3. The Kier molecular flexibility index (Phi) is 2.71. The van der Waals surface area contributed by atoms with Gasteiger partial charge in [-0.3, -0.25) is 4.98 Å². The third-order valence-electron chi connectivity index (χ3n) is 2.63. The van der Waals surface area contributed by atoms with Crippen LogP contribution in [0, 0.1) is 5.82 Å². The zero-order chi connectivity index (χ0) is 11.6. The van der Waals surface area contributed by atoms with Gasteiger partial charge in [-0.05, 0) is 24.6 Å². The molecule has 0 fully saturated rings. The monoisotopic (exact) mass is 216 g/mol. The highest BCUT2D eigenvalue weighted by atomic mass is 19.1. The minimum atomic E-state index is -0.699. The number of halogens is 1. The van der Waals surface area contributed by atoms with Crippen molar-refractivity contribution in [2.24, 2.45) is 5.73 Å². The molecule has 2 aromatic rings. The van der Waals surface area contributed by atoms with Gasteiger partial charge in [-0.25, -0.2) is 4.39 Å². The van der Waals surface area contributed by atoms with Crippen LogP contribution < -0.4 is 5.73 Å². The van der Waals surface area contributed by atoms with Crippen molar-refractivity contribution in [2.75, 3.05) is 0 Å². The van der Waals surface area contributed by atoms with Crippen LogP contribution in [0.15, 0.2) is 48.7 Å². The molecule has 2 nitrogen and oxygen atoms in total. The van der Waals surface area contributed by atoms with E-state index in [0.717, 1.165) is 5.56 Å². The molecule has 3 heteroatoms. The van der Waals surface area contributed by atoms with Gasteiger partial charge in [0.2, 0.25) is 0 Å². The lowest BCUT2D eigenvalue weighted by molar-refractivity contribution is 0.568. The van der Waals surface area contributed by atoms with E-state index < -0.39 is 5.54 Å². The van der Waals surface area contributed by atoms with E-state index in [1.54, 1.807) is 6.07 Å². The third kappa shape index (κ3) is 1.95. The van der Waals surface area contributed by atoms with E-state index in [1.807, 2.05) is 37.3 Å². The first-order chi connectivity index (χ1) is 7.60. The van der Waals surface area contributed by atoms with Gasteiger partial charge in [0.1, 0.15) is 5.82 Å². The quantitative estimate of drug-likeness (QED) is 0.837. The maximum atomic E-state index is 12.8. The molecule has 2 N–H and O–H groups in total. The van der Waals surface area contributed by atoms with Crippen molar-refractivity contribution in [1.29, 1.82) is 0 Å². The fraction of sp³-hybridized carbons (Fsp3) is 0.154. The van der Waals surface area contributed by atoms with Gasteiger partial charge in [0, 0.05) is 0 Å². The molecule has 1 aromatic heterocycles. The van der Waals surface area contributed by atoms with Crippen molar-refractivity contribution >= 4 is 0 Å². The zero-order valence-electron chi connectivity index (χ0n) is 9.02. The van der Waals surface area contributed by atoms with Gasteiger partial charge in [0.25, 0.3) is 0 Å². The number of nitrogens with two attached hydrogens (primary N) is 1. The number of benzene rings is 1. The van der Waals surface area contributed by atoms with Crippen LogP contribution in [-0.2, 0) is 5.54 Å². The summed E-state index contributed by atoms with van der Waals surface area (Å²) in [5, 5.41) is 0. The van der Waals surface area contributed by atoms with E-state index in [-0.39, 0.29) is 5.82 Å². The van der Waals surface area contributed by atoms with Crippen LogP contribution in [0.4, 0.5) is 4.39 Å². The Balaban J connectivity index is 2.43. The molecule has 2 rings (SSSR count). The Morgan fingerprint density at radius 1 is 1.12 bits per heavy atom. The lowest BCUT2D eigenvalue weighted by Crippen LogP contribution is -2.35. The predicted molar refractivity (Wildman–Crippen MR) is 61.3 cm³/mol.